The zero-order valence-corrected chi connectivity index (χ0v) is 12.6. The van der Waals surface area contributed by atoms with Crippen molar-refractivity contribution in [3.05, 3.63) is 29.3 Å². The quantitative estimate of drug-likeness (QED) is 0.749. The van der Waals surface area contributed by atoms with E-state index in [4.69, 9.17) is 4.74 Å². The van der Waals surface area contributed by atoms with Gasteiger partial charge in [-0.15, -0.1) is 0 Å². The van der Waals surface area contributed by atoms with Crippen LogP contribution in [0.15, 0.2) is 18.2 Å². The molecule has 124 valence electrons. The maximum absolute atomic E-state index is 11.8. The Kier molecular flexibility index (Phi) is 7.17. The summed E-state index contributed by atoms with van der Waals surface area (Å²) in [6, 6.07) is 5.76. The van der Waals surface area contributed by atoms with Gasteiger partial charge in [-0.3, -0.25) is 4.79 Å². The Morgan fingerprint density at radius 3 is 2.68 bits per heavy atom. The first kappa shape index (κ1) is 18.3. The molecule has 1 amide bonds. The topological polar surface area (TPSA) is 47.6 Å². The molecule has 0 saturated heterocycles. The van der Waals surface area contributed by atoms with Crippen LogP contribution >= 0.6 is 0 Å². The van der Waals surface area contributed by atoms with E-state index in [2.05, 4.69) is 10.1 Å². The van der Waals surface area contributed by atoms with E-state index >= 15 is 0 Å². The summed E-state index contributed by atoms with van der Waals surface area (Å²) in [5.41, 5.74) is 2.05. The van der Waals surface area contributed by atoms with Crippen molar-refractivity contribution < 1.29 is 27.4 Å². The average Bonchev–Trinajstić information content (AvgIpc) is 2.43. The van der Waals surface area contributed by atoms with Gasteiger partial charge in [-0.2, -0.15) is 13.2 Å². The van der Waals surface area contributed by atoms with Crippen molar-refractivity contribution in [3.8, 4) is 5.75 Å². The average molecular weight is 319 g/mol. The third-order valence-electron chi connectivity index (χ3n) is 2.89. The Morgan fingerprint density at radius 1 is 1.32 bits per heavy atom. The van der Waals surface area contributed by atoms with E-state index in [1.807, 2.05) is 25.1 Å². The lowest BCUT2D eigenvalue weighted by Gasteiger charge is -2.11. The molecule has 1 aromatic carbocycles. The summed E-state index contributed by atoms with van der Waals surface area (Å²) in [5, 5.41) is 2.64. The molecule has 0 saturated carbocycles. The smallest absolute Gasteiger partial charge is 0.411 e. The number of ether oxygens (including phenoxy) is 2. The lowest BCUT2D eigenvalue weighted by atomic mass is 10.1. The number of methoxy groups -OCH3 is 1. The highest BCUT2D eigenvalue weighted by molar-refractivity contribution is 5.75. The molecule has 1 N–H and O–H groups in total. The SMILES string of the molecule is COc1ccc(C)cc1CCNC(=O)CCOCC(F)(F)F. The molecule has 0 aliphatic carbocycles. The Hall–Kier alpha value is -1.76. The van der Waals surface area contributed by atoms with Gasteiger partial charge >= 0.3 is 6.18 Å². The van der Waals surface area contributed by atoms with Gasteiger partial charge in [0.05, 0.1) is 13.7 Å². The zero-order valence-electron chi connectivity index (χ0n) is 12.6. The van der Waals surface area contributed by atoms with E-state index in [1.54, 1.807) is 7.11 Å². The summed E-state index contributed by atoms with van der Waals surface area (Å²) in [6.07, 6.45) is -3.88. The minimum Gasteiger partial charge on any atom is -0.496 e. The van der Waals surface area contributed by atoms with Gasteiger partial charge in [-0.1, -0.05) is 17.7 Å². The Labute approximate surface area is 127 Å². The summed E-state index contributed by atoms with van der Waals surface area (Å²) in [7, 11) is 1.57. The molecule has 0 bridgehead atoms. The number of benzene rings is 1. The maximum atomic E-state index is 11.8. The van der Waals surface area contributed by atoms with Crippen molar-refractivity contribution in [1.82, 2.24) is 5.32 Å². The van der Waals surface area contributed by atoms with Gasteiger partial charge in [0.2, 0.25) is 5.91 Å². The number of hydrogen-bond acceptors (Lipinski definition) is 3. The summed E-state index contributed by atoms with van der Waals surface area (Å²) < 4.78 is 45.1. The van der Waals surface area contributed by atoms with E-state index in [1.165, 1.54) is 0 Å². The highest BCUT2D eigenvalue weighted by atomic mass is 19.4. The number of amides is 1. The van der Waals surface area contributed by atoms with Crippen molar-refractivity contribution in [2.45, 2.75) is 25.9 Å². The van der Waals surface area contributed by atoms with Crippen molar-refractivity contribution in [3.63, 3.8) is 0 Å². The van der Waals surface area contributed by atoms with Crippen LogP contribution in [0.3, 0.4) is 0 Å². The first-order valence-corrected chi connectivity index (χ1v) is 6.86. The molecule has 1 rings (SSSR count). The van der Waals surface area contributed by atoms with Crippen LogP contribution in [0, 0.1) is 6.92 Å². The highest BCUT2D eigenvalue weighted by Gasteiger charge is 2.27. The first-order chi connectivity index (χ1) is 10.3. The van der Waals surface area contributed by atoms with E-state index < -0.39 is 12.8 Å². The van der Waals surface area contributed by atoms with Gasteiger partial charge in [-0.25, -0.2) is 0 Å². The van der Waals surface area contributed by atoms with E-state index in [0.717, 1.165) is 16.9 Å². The summed E-state index contributed by atoms with van der Waals surface area (Å²) in [6.45, 7) is 0.761. The molecule has 0 aromatic heterocycles. The van der Waals surface area contributed by atoms with E-state index in [9.17, 15) is 18.0 Å². The van der Waals surface area contributed by atoms with Gasteiger partial charge in [0.25, 0.3) is 0 Å². The fourth-order valence-electron chi connectivity index (χ4n) is 1.88. The van der Waals surface area contributed by atoms with Crippen LogP contribution in [0.25, 0.3) is 0 Å². The van der Waals surface area contributed by atoms with E-state index in [-0.39, 0.29) is 18.9 Å². The van der Waals surface area contributed by atoms with Crippen molar-refractivity contribution in [1.29, 1.82) is 0 Å². The largest absolute Gasteiger partial charge is 0.496 e. The number of carbonyl (C=O) groups excluding carboxylic acids is 1. The number of halogens is 3. The maximum Gasteiger partial charge on any atom is 0.411 e. The second-order valence-electron chi connectivity index (χ2n) is 4.83. The normalized spacial score (nSPS) is 11.3. The molecule has 7 heteroatoms. The van der Waals surface area contributed by atoms with Crippen LogP contribution in [-0.4, -0.2) is 39.0 Å². The van der Waals surface area contributed by atoms with E-state index in [0.29, 0.717) is 13.0 Å². The van der Waals surface area contributed by atoms with Crippen molar-refractivity contribution in [2.24, 2.45) is 0 Å². The third kappa shape index (κ3) is 7.31. The predicted octanol–water partition coefficient (Wildman–Crippen LogP) is 2.63. The minimum absolute atomic E-state index is 0.0962. The first-order valence-electron chi connectivity index (χ1n) is 6.86. The molecule has 1 aromatic rings. The number of carbonyl (C=O) groups is 1. The van der Waals surface area contributed by atoms with Crippen LogP contribution < -0.4 is 10.1 Å². The fourth-order valence-corrected chi connectivity index (χ4v) is 1.88. The molecular formula is C15H20F3NO3. The Bertz CT molecular complexity index is 489. The summed E-state index contributed by atoms with van der Waals surface area (Å²) in [5.74, 6) is 0.405. The number of rotatable bonds is 8. The molecule has 0 heterocycles. The standard InChI is InChI=1S/C15H20F3NO3/c1-11-3-4-13(21-2)12(9-11)5-7-19-14(20)6-8-22-10-15(16,17)18/h3-4,9H,5-8,10H2,1-2H3,(H,19,20). The summed E-state index contributed by atoms with van der Waals surface area (Å²) in [4.78, 5) is 11.5. The molecule has 0 aliphatic rings. The van der Waals surface area contributed by atoms with Gasteiger partial charge in [-0.05, 0) is 25.0 Å². The number of hydrogen-bond donors (Lipinski definition) is 1. The van der Waals surface area contributed by atoms with Crippen LogP contribution in [-0.2, 0) is 16.0 Å². The fraction of sp³-hybridized carbons (Fsp3) is 0.533. The highest BCUT2D eigenvalue weighted by Crippen LogP contribution is 2.19. The molecule has 0 spiro atoms. The molecule has 0 aliphatic heterocycles. The Morgan fingerprint density at radius 2 is 2.05 bits per heavy atom. The molecule has 0 atom stereocenters. The molecule has 0 unspecified atom stereocenters. The van der Waals surface area contributed by atoms with Crippen LogP contribution in [0.4, 0.5) is 13.2 Å². The van der Waals surface area contributed by atoms with Crippen LogP contribution in [0.5, 0.6) is 5.75 Å². The molecule has 22 heavy (non-hydrogen) atoms. The van der Waals surface area contributed by atoms with Gasteiger partial charge < -0.3 is 14.8 Å². The lowest BCUT2D eigenvalue weighted by Crippen LogP contribution is -2.27. The number of aryl methyl sites for hydroxylation is 1. The second kappa shape index (κ2) is 8.63. The van der Waals surface area contributed by atoms with Crippen LogP contribution in [0.1, 0.15) is 17.5 Å². The van der Waals surface area contributed by atoms with Gasteiger partial charge in [0.1, 0.15) is 12.4 Å². The minimum atomic E-state index is -4.36. The summed E-state index contributed by atoms with van der Waals surface area (Å²) >= 11 is 0. The molecular weight excluding hydrogens is 299 g/mol. The zero-order chi connectivity index (χ0) is 16.6. The molecule has 0 fully saturated rings. The van der Waals surface area contributed by atoms with Gasteiger partial charge in [0.15, 0.2) is 0 Å². The molecule has 4 nitrogen and oxygen atoms in total. The second-order valence-corrected chi connectivity index (χ2v) is 4.83. The number of nitrogens with one attached hydrogen (secondary N) is 1. The Balaban J connectivity index is 2.26. The predicted molar refractivity (Wildman–Crippen MR) is 75.9 cm³/mol. The van der Waals surface area contributed by atoms with Gasteiger partial charge in [0, 0.05) is 13.0 Å². The van der Waals surface area contributed by atoms with Crippen LogP contribution in [0.2, 0.25) is 0 Å². The van der Waals surface area contributed by atoms with Crippen molar-refractivity contribution in [2.75, 3.05) is 26.9 Å². The molecule has 0 radical (unpaired) electrons. The van der Waals surface area contributed by atoms with Crippen molar-refractivity contribution >= 4 is 5.91 Å². The number of alkyl halides is 3. The lowest BCUT2D eigenvalue weighted by molar-refractivity contribution is -0.174. The monoisotopic (exact) mass is 319 g/mol. The third-order valence-corrected chi connectivity index (χ3v) is 2.89.